The number of carboxylic acid groups (broad SMARTS) is 1. The van der Waals surface area contributed by atoms with E-state index in [0.29, 0.717) is 18.9 Å². The molecule has 11 heteroatoms. The van der Waals surface area contributed by atoms with Crippen molar-refractivity contribution in [3.05, 3.63) is 90.0 Å². The summed E-state index contributed by atoms with van der Waals surface area (Å²) < 4.78 is 49.8. The molecule has 0 spiro atoms. The van der Waals surface area contributed by atoms with Gasteiger partial charge in [0.1, 0.15) is 12.4 Å². The van der Waals surface area contributed by atoms with Crippen molar-refractivity contribution in [2.75, 3.05) is 37.4 Å². The maximum absolute atomic E-state index is 13.0. The summed E-state index contributed by atoms with van der Waals surface area (Å²) in [6, 6.07) is 20.9. The third kappa shape index (κ3) is 11.3. The van der Waals surface area contributed by atoms with Crippen LogP contribution in [0.5, 0.6) is 5.75 Å². The van der Waals surface area contributed by atoms with Crippen molar-refractivity contribution in [2.24, 2.45) is 0 Å². The molecule has 42 heavy (non-hydrogen) atoms. The molecule has 0 aromatic heterocycles. The SMILES string of the molecule is CCOC(Cc1ccc(OCCN(CCCCSc2ccccc2)C(=O)Nc2ccc(C(F)(F)F)cc2)cc1)C(=O)O. The number of nitrogens with one attached hydrogen (secondary N) is 1. The Bertz CT molecular complexity index is 1240. The number of nitrogens with zero attached hydrogens (tertiary/aromatic N) is 1. The zero-order chi connectivity index (χ0) is 30.4. The average Bonchev–Trinajstić information content (AvgIpc) is 2.97. The van der Waals surface area contributed by atoms with Crippen LogP contribution in [0.15, 0.2) is 83.8 Å². The lowest BCUT2D eigenvalue weighted by atomic mass is 10.1. The zero-order valence-electron chi connectivity index (χ0n) is 23.3. The molecule has 3 aromatic rings. The van der Waals surface area contributed by atoms with Crippen molar-refractivity contribution in [1.29, 1.82) is 0 Å². The van der Waals surface area contributed by atoms with Crippen LogP contribution in [0.1, 0.15) is 30.9 Å². The number of hydrogen-bond donors (Lipinski definition) is 2. The Labute approximate surface area is 248 Å². The Morgan fingerprint density at radius 2 is 1.64 bits per heavy atom. The number of hydrogen-bond acceptors (Lipinski definition) is 5. The standard InChI is InChI=1S/C31H35F3N2O5S/c1-2-40-28(29(37)38)22-23-10-16-26(17-11-23)41-20-19-36(18-6-7-21-42-27-8-4-3-5-9-27)30(39)35-25-14-12-24(13-15-25)31(32,33)34/h3-5,8-17,28H,2,6-7,18-22H2,1H3,(H,35,39)(H,37,38). The summed E-state index contributed by atoms with van der Waals surface area (Å²) in [6.45, 7) is 2.93. The molecule has 7 nitrogen and oxygen atoms in total. The molecule has 3 rings (SSSR count). The number of unbranched alkanes of at least 4 members (excludes halogenated alkanes) is 1. The van der Waals surface area contributed by atoms with Gasteiger partial charge in [0, 0.05) is 30.2 Å². The summed E-state index contributed by atoms with van der Waals surface area (Å²) in [5.41, 5.74) is 0.263. The number of carbonyl (C=O) groups is 2. The van der Waals surface area contributed by atoms with Gasteiger partial charge >= 0.3 is 18.2 Å². The normalized spacial score (nSPS) is 12.0. The fourth-order valence-corrected chi connectivity index (χ4v) is 4.93. The van der Waals surface area contributed by atoms with Gasteiger partial charge in [-0.25, -0.2) is 9.59 Å². The number of anilines is 1. The number of urea groups is 1. The highest BCUT2D eigenvalue weighted by Gasteiger charge is 2.30. The highest BCUT2D eigenvalue weighted by molar-refractivity contribution is 7.99. The predicted molar refractivity (Wildman–Crippen MR) is 157 cm³/mol. The van der Waals surface area contributed by atoms with Crippen molar-refractivity contribution in [3.63, 3.8) is 0 Å². The van der Waals surface area contributed by atoms with Gasteiger partial charge in [0.25, 0.3) is 0 Å². The molecule has 0 saturated heterocycles. The highest BCUT2D eigenvalue weighted by atomic mass is 32.2. The van der Waals surface area contributed by atoms with Gasteiger partial charge in [-0.1, -0.05) is 30.3 Å². The van der Waals surface area contributed by atoms with E-state index >= 15 is 0 Å². The van der Waals surface area contributed by atoms with Crippen LogP contribution < -0.4 is 10.1 Å². The van der Waals surface area contributed by atoms with E-state index in [1.165, 1.54) is 17.0 Å². The maximum Gasteiger partial charge on any atom is 0.416 e. The van der Waals surface area contributed by atoms with Crippen LogP contribution in [-0.2, 0) is 22.1 Å². The van der Waals surface area contributed by atoms with Crippen LogP contribution in [0, 0.1) is 0 Å². The number of amides is 2. The summed E-state index contributed by atoms with van der Waals surface area (Å²) in [6.07, 6.45) is -3.55. The van der Waals surface area contributed by atoms with E-state index in [-0.39, 0.29) is 25.3 Å². The molecule has 3 aromatic carbocycles. The summed E-state index contributed by atoms with van der Waals surface area (Å²) in [4.78, 5) is 27.1. The number of ether oxygens (including phenoxy) is 2. The fraction of sp³-hybridized carbons (Fsp3) is 0.355. The van der Waals surface area contributed by atoms with E-state index < -0.39 is 29.8 Å². The molecule has 0 bridgehead atoms. The molecule has 0 saturated carbocycles. The number of aliphatic carboxylic acids is 1. The molecule has 0 aliphatic rings. The monoisotopic (exact) mass is 604 g/mol. The second-order valence-electron chi connectivity index (χ2n) is 9.34. The van der Waals surface area contributed by atoms with Gasteiger partial charge in [-0.05, 0) is 79.6 Å². The van der Waals surface area contributed by atoms with Crippen LogP contribution in [0.4, 0.5) is 23.7 Å². The largest absolute Gasteiger partial charge is 0.492 e. The average molecular weight is 605 g/mol. The first kappa shape index (κ1) is 32.8. The minimum absolute atomic E-state index is 0.190. The number of carboxylic acids is 1. The first-order valence-electron chi connectivity index (χ1n) is 13.6. The van der Waals surface area contributed by atoms with Crippen molar-refractivity contribution < 1.29 is 37.3 Å². The van der Waals surface area contributed by atoms with E-state index in [1.807, 2.05) is 30.3 Å². The van der Waals surface area contributed by atoms with E-state index in [4.69, 9.17) is 9.47 Å². The highest BCUT2D eigenvalue weighted by Crippen LogP contribution is 2.30. The van der Waals surface area contributed by atoms with Gasteiger partial charge in [-0.3, -0.25) is 0 Å². The minimum Gasteiger partial charge on any atom is -0.492 e. The van der Waals surface area contributed by atoms with E-state index in [0.717, 1.165) is 36.3 Å². The third-order valence-electron chi connectivity index (χ3n) is 6.20. The second-order valence-corrected chi connectivity index (χ2v) is 10.5. The van der Waals surface area contributed by atoms with Crippen LogP contribution >= 0.6 is 11.8 Å². The van der Waals surface area contributed by atoms with Crippen molar-refractivity contribution in [1.82, 2.24) is 4.90 Å². The van der Waals surface area contributed by atoms with Crippen LogP contribution in [0.25, 0.3) is 0 Å². The molecular formula is C31H35F3N2O5S. The van der Waals surface area contributed by atoms with Crippen molar-refractivity contribution in [3.8, 4) is 5.75 Å². The lowest BCUT2D eigenvalue weighted by Crippen LogP contribution is -2.38. The smallest absolute Gasteiger partial charge is 0.416 e. The Hall–Kier alpha value is -3.70. The zero-order valence-corrected chi connectivity index (χ0v) is 24.1. The Balaban J connectivity index is 1.55. The molecule has 0 fully saturated rings. The summed E-state index contributed by atoms with van der Waals surface area (Å²) in [7, 11) is 0. The molecule has 1 atom stereocenters. The Morgan fingerprint density at radius 3 is 2.26 bits per heavy atom. The van der Waals surface area contributed by atoms with Gasteiger partial charge in [-0.15, -0.1) is 11.8 Å². The number of thioether (sulfide) groups is 1. The molecule has 1 unspecified atom stereocenters. The van der Waals surface area contributed by atoms with Crippen LogP contribution in [0.3, 0.4) is 0 Å². The van der Waals surface area contributed by atoms with Gasteiger partial charge < -0.3 is 24.8 Å². The number of benzene rings is 3. The lowest BCUT2D eigenvalue weighted by Gasteiger charge is -2.23. The van der Waals surface area contributed by atoms with Gasteiger partial charge in [0.15, 0.2) is 6.10 Å². The van der Waals surface area contributed by atoms with Crippen LogP contribution in [0.2, 0.25) is 0 Å². The van der Waals surface area contributed by atoms with Gasteiger partial charge in [0.05, 0.1) is 12.1 Å². The maximum atomic E-state index is 13.0. The quantitative estimate of drug-likeness (QED) is 0.133. The van der Waals surface area contributed by atoms with Gasteiger partial charge in [-0.2, -0.15) is 13.2 Å². The summed E-state index contributed by atoms with van der Waals surface area (Å²) in [5.74, 6) is 0.419. The van der Waals surface area contributed by atoms with E-state index in [1.54, 1.807) is 47.9 Å². The minimum atomic E-state index is -4.46. The fourth-order valence-electron chi connectivity index (χ4n) is 4.00. The lowest BCUT2D eigenvalue weighted by molar-refractivity contribution is -0.150. The topological polar surface area (TPSA) is 88.1 Å². The Kier molecular flexibility index (Phi) is 13.0. The molecule has 0 aliphatic carbocycles. The Morgan fingerprint density at radius 1 is 0.952 bits per heavy atom. The van der Waals surface area contributed by atoms with E-state index in [9.17, 15) is 27.9 Å². The number of carbonyl (C=O) groups excluding carboxylic acids is 1. The molecule has 0 aliphatic heterocycles. The van der Waals surface area contributed by atoms with Crippen molar-refractivity contribution in [2.45, 2.75) is 43.4 Å². The van der Waals surface area contributed by atoms with Crippen molar-refractivity contribution >= 4 is 29.4 Å². The second kappa shape index (κ2) is 16.7. The molecule has 0 radical (unpaired) electrons. The first-order valence-corrected chi connectivity index (χ1v) is 14.6. The van der Waals surface area contributed by atoms with Crippen LogP contribution in [-0.4, -0.2) is 60.2 Å². The molecule has 226 valence electrons. The predicted octanol–water partition coefficient (Wildman–Crippen LogP) is 7.22. The molecule has 2 N–H and O–H groups in total. The summed E-state index contributed by atoms with van der Waals surface area (Å²) in [5, 5.41) is 12.0. The number of rotatable bonds is 16. The number of alkyl halides is 3. The number of halogens is 3. The first-order chi connectivity index (χ1) is 20.2. The molecule has 0 heterocycles. The molecule has 2 amide bonds. The third-order valence-corrected chi connectivity index (χ3v) is 7.30. The summed E-state index contributed by atoms with van der Waals surface area (Å²) >= 11 is 1.73. The molecular weight excluding hydrogens is 569 g/mol. The van der Waals surface area contributed by atoms with Gasteiger partial charge in [0.2, 0.25) is 0 Å². The van der Waals surface area contributed by atoms with E-state index in [2.05, 4.69) is 5.32 Å².